The maximum absolute atomic E-state index is 12.3. The van der Waals surface area contributed by atoms with E-state index in [1.807, 2.05) is 0 Å². The molecule has 5 heteroatoms. The molecule has 1 aliphatic heterocycles. The molecule has 19 heavy (non-hydrogen) atoms. The first-order valence-corrected chi connectivity index (χ1v) is 6.20. The smallest absolute Gasteiger partial charge is 0.336 e. The summed E-state index contributed by atoms with van der Waals surface area (Å²) in [4.78, 5) is 37.1. The molecule has 1 atom stereocenters. The van der Waals surface area contributed by atoms with E-state index in [0.29, 0.717) is 5.56 Å². The van der Waals surface area contributed by atoms with Crippen molar-refractivity contribution in [2.75, 3.05) is 13.2 Å². The van der Waals surface area contributed by atoms with E-state index in [-0.39, 0.29) is 31.3 Å². The summed E-state index contributed by atoms with van der Waals surface area (Å²) in [6.07, 6.45) is 0.196. The van der Waals surface area contributed by atoms with E-state index in [1.54, 1.807) is 37.3 Å². The summed E-state index contributed by atoms with van der Waals surface area (Å²) in [6, 6.07) is 7.51. The maximum atomic E-state index is 12.3. The molecule has 0 bridgehead atoms. The molecule has 1 aliphatic rings. The number of benzene rings is 1. The molecule has 1 aromatic carbocycles. The van der Waals surface area contributed by atoms with Crippen LogP contribution >= 0.6 is 0 Å². The van der Waals surface area contributed by atoms with E-state index in [9.17, 15) is 14.4 Å². The fraction of sp³-hybridized carbons (Fsp3) is 0.357. The van der Waals surface area contributed by atoms with Crippen LogP contribution in [0.1, 0.15) is 23.7 Å². The van der Waals surface area contributed by atoms with Crippen LogP contribution in [0.3, 0.4) is 0 Å². The van der Waals surface area contributed by atoms with Crippen molar-refractivity contribution >= 4 is 17.7 Å². The Morgan fingerprint density at radius 2 is 2.00 bits per heavy atom. The molecule has 1 aromatic rings. The average molecular weight is 261 g/mol. The Kier molecular flexibility index (Phi) is 3.94. The molecule has 0 radical (unpaired) electrons. The Labute approximate surface area is 111 Å². The van der Waals surface area contributed by atoms with Crippen molar-refractivity contribution in [3.63, 3.8) is 0 Å². The molecule has 100 valence electrons. The van der Waals surface area contributed by atoms with E-state index in [0.717, 1.165) is 0 Å². The van der Waals surface area contributed by atoms with Crippen molar-refractivity contribution in [2.45, 2.75) is 19.4 Å². The quantitative estimate of drug-likeness (QED) is 0.602. The van der Waals surface area contributed by atoms with Crippen LogP contribution in [-0.2, 0) is 14.3 Å². The van der Waals surface area contributed by atoms with Gasteiger partial charge in [-0.3, -0.25) is 9.59 Å². The van der Waals surface area contributed by atoms with Crippen LogP contribution in [0.15, 0.2) is 30.3 Å². The van der Waals surface area contributed by atoms with Crippen LogP contribution in [0.25, 0.3) is 0 Å². The number of nitrogens with zero attached hydrogens (tertiary/aromatic N) is 1. The van der Waals surface area contributed by atoms with Gasteiger partial charge in [-0.05, 0) is 19.1 Å². The molecule has 1 fully saturated rings. The third kappa shape index (κ3) is 2.65. The fourth-order valence-corrected chi connectivity index (χ4v) is 2.12. The largest absolute Gasteiger partial charge is 0.464 e. The molecule has 1 amide bonds. The van der Waals surface area contributed by atoms with Gasteiger partial charge >= 0.3 is 5.97 Å². The molecule has 1 unspecified atom stereocenters. The number of likely N-dealkylation sites (tertiary alicyclic amines) is 1. The monoisotopic (exact) mass is 261 g/mol. The van der Waals surface area contributed by atoms with E-state index in [2.05, 4.69) is 0 Å². The van der Waals surface area contributed by atoms with Gasteiger partial charge in [0.05, 0.1) is 6.61 Å². The normalized spacial score (nSPS) is 18.5. The van der Waals surface area contributed by atoms with Crippen LogP contribution in [-0.4, -0.2) is 41.8 Å². The highest BCUT2D eigenvalue weighted by atomic mass is 16.5. The lowest BCUT2D eigenvalue weighted by Gasteiger charge is -2.21. The number of esters is 1. The summed E-state index contributed by atoms with van der Waals surface area (Å²) >= 11 is 0. The molecule has 0 spiro atoms. The highest BCUT2D eigenvalue weighted by molar-refractivity contribution is 6.10. The zero-order valence-corrected chi connectivity index (χ0v) is 10.7. The summed E-state index contributed by atoms with van der Waals surface area (Å²) < 4.78 is 4.86. The minimum absolute atomic E-state index is 0.190. The van der Waals surface area contributed by atoms with Gasteiger partial charge in [0, 0.05) is 18.5 Å². The molecule has 5 nitrogen and oxygen atoms in total. The Hall–Kier alpha value is -2.17. The summed E-state index contributed by atoms with van der Waals surface area (Å²) in [5, 5.41) is 0. The van der Waals surface area contributed by atoms with Crippen molar-refractivity contribution in [1.29, 1.82) is 0 Å². The summed E-state index contributed by atoms with van der Waals surface area (Å²) in [6.45, 7) is 2.12. The highest BCUT2D eigenvalue weighted by Crippen LogP contribution is 2.18. The summed E-state index contributed by atoms with van der Waals surface area (Å²) in [7, 11) is 0. The van der Waals surface area contributed by atoms with Gasteiger partial charge in [0.15, 0.2) is 11.8 Å². The second kappa shape index (κ2) is 5.65. The molecular weight excluding hydrogens is 246 g/mol. The predicted octanol–water partition coefficient (Wildman–Crippen LogP) is 1.03. The van der Waals surface area contributed by atoms with Crippen molar-refractivity contribution in [1.82, 2.24) is 4.90 Å². The van der Waals surface area contributed by atoms with Crippen molar-refractivity contribution < 1.29 is 19.1 Å². The van der Waals surface area contributed by atoms with Crippen LogP contribution in [0.5, 0.6) is 0 Å². The van der Waals surface area contributed by atoms with Gasteiger partial charge in [-0.25, -0.2) is 4.79 Å². The van der Waals surface area contributed by atoms with E-state index < -0.39 is 12.0 Å². The first kappa shape index (κ1) is 13.3. The van der Waals surface area contributed by atoms with Gasteiger partial charge in [0.25, 0.3) is 5.91 Å². The van der Waals surface area contributed by atoms with Gasteiger partial charge in [-0.2, -0.15) is 0 Å². The third-order valence-electron chi connectivity index (χ3n) is 3.01. The number of rotatable bonds is 3. The topological polar surface area (TPSA) is 63.7 Å². The Morgan fingerprint density at radius 1 is 1.32 bits per heavy atom. The molecule has 0 aromatic heterocycles. The van der Waals surface area contributed by atoms with Crippen LogP contribution < -0.4 is 0 Å². The Bertz CT molecular complexity index is 497. The minimum Gasteiger partial charge on any atom is -0.464 e. The second-order valence-electron chi connectivity index (χ2n) is 4.24. The molecule has 1 heterocycles. The highest BCUT2D eigenvalue weighted by Gasteiger charge is 2.42. The molecule has 0 saturated carbocycles. The number of amides is 1. The number of carbonyl (C=O) groups is 3. The maximum Gasteiger partial charge on any atom is 0.336 e. The second-order valence-corrected chi connectivity index (χ2v) is 4.24. The SMILES string of the molecule is CCOC(=O)C1C(=O)CCN1C(=O)c1ccccc1. The van der Waals surface area contributed by atoms with Crippen molar-refractivity contribution in [3.05, 3.63) is 35.9 Å². The average Bonchev–Trinajstić information content (AvgIpc) is 2.81. The number of carbonyl (C=O) groups excluding carboxylic acids is 3. The first-order chi connectivity index (χ1) is 9.15. The first-order valence-electron chi connectivity index (χ1n) is 6.20. The number of hydrogen-bond donors (Lipinski definition) is 0. The number of Topliss-reactive ketones (excluding diaryl/α,β-unsaturated/α-hetero) is 1. The van der Waals surface area contributed by atoms with Gasteiger partial charge in [-0.1, -0.05) is 18.2 Å². The number of ketones is 1. The Balaban J connectivity index is 2.21. The predicted molar refractivity (Wildman–Crippen MR) is 67.5 cm³/mol. The molecule has 0 N–H and O–H groups in total. The third-order valence-corrected chi connectivity index (χ3v) is 3.01. The van der Waals surface area contributed by atoms with Crippen LogP contribution in [0.4, 0.5) is 0 Å². The van der Waals surface area contributed by atoms with Gasteiger partial charge in [0.2, 0.25) is 0 Å². The number of hydrogen-bond acceptors (Lipinski definition) is 4. The Morgan fingerprint density at radius 3 is 2.63 bits per heavy atom. The molecule has 2 rings (SSSR count). The summed E-state index contributed by atoms with van der Waals surface area (Å²) in [5.41, 5.74) is 0.464. The zero-order chi connectivity index (χ0) is 13.8. The number of ether oxygens (including phenoxy) is 1. The van der Waals surface area contributed by atoms with Crippen molar-refractivity contribution in [2.24, 2.45) is 0 Å². The van der Waals surface area contributed by atoms with Gasteiger partial charge in [-0.15, -0.1) is 0 Å². The van der Waals surface area contributed by atoms with Gasteiger partial charge < -0.3 is 9.64 Å². The van der Waals surface area contributed by atoms with Crippen LogP contribution in [0, 0.1) is 0 Å². The fourth-order valence-electron chi connectivity index (χ4n) is 2.12. The van der Waals surface area contributed by atoms with E-state index in [4.69, 9.17) is 4.74 Å². The summed E-state index contributed by atoms with van der Waals surface area (Å²) in [5.74, 6) is -1.22. The molecule has 1 saturated heterocycles. The standard InChI is InChI=1S/C14H15NO4/c1-2-19-14(18)12-11(16)8-9-15(12)13(17)10-6-4-3-5-7-10/h3-7,12H,2,8-9H2,1H3. The van der Waals surface area contributed by atoms with Gasteiger partial charge in [0.1, 0.15) is 0 Å². The van der Waals surface area contributed by atoms with E-state index in [1.165, 1.54) is 4.90 Å². The lowest BCUT2D eigenvalue weighted by atomic mass is 10.1. The van der Waals surface area contributed by atoms with Crippen LogP contribution in [0.2, 0.25) is 0 Å². The lowest BCUT2D eigenvalue weighted by molar-refractivity contribution is -0.150. The molecular formula is C14H15NO4. The minimum atomic E-state index is -1.09. The van der Waals surface area contributed by atoms with E-state index >= 15 is 0 Å². The molecule has 0 aliphatic carbocycles. The lowest BCUT2D eigenvalue weighted by Crippen LogP contribution is -2.44. The van der Waals surface area contributed by atoms with Crippen molar-refractivity contribution in [3.8, 4) is 0 Å². The zero-order valence-electron chi connectivity index (χ0n) is 10.7.